The molecule has 0 aromatic carbocycles. The van der Waals surface area contributed by atoms with Gasteiger partial charge in [0, 0.05) is 4.92 Å². The van der Waals surface area contributed by atoms with Crippen molar-refractivity contribution in [3.05, 3.63) is 10.1 Å². The van der Waals surface area contributed by atoms with E-state index in [1.807, 2.05) is 0 Å². The molecular formula is C2H5N3O3. The Bertz CT molecular complexity index is 97.1. The number of nitrogens with two attached hydrogens (primary N) is 1. The predicted octanol–water partition coefficient (Wildman–Crippen LogP) is -1.11. The van der Waals surface area contributed by atoms with Crippen LogP contribution in [-0.2, 0) is 0 Å². The minimum absolute atomic E-state index is 0.616. The Labute approximate surface area is 44.8 Å². The topological polar surface area (TPSA) is 98.3 Å². The van der Waals surface area contributed by atoms with E-state index in [9.17, 15) is 14.9 Å². The molecule has 3 N–H and O–H groups in total. The van der Waals surface area contributed by atoms with E-state index in [2.05, 4.69) is 5.73 Å². The third-order valence-corrected chi connectivity index (χ3v) is 0.382. The Morgan fingerprint density at radius 1 is 1.88 bits per heavy atom. The highest BCUT2D eigenvalue weighted by atomic mass is 16.6. The van der Waals surface area contributed by atoms with Gasteiger partial charge in [0.25, 0.3) is 6.67 Å². The molecule has 0 rings (SSSR count). The number of primary amides is 1. The standard InChI is InChI=1S/C2H5N3O3/c3-2(6)4-1-5(7)8/h1H2,(H3,3,4,6). The maximum Gasteiger partial charge on any atom is 0.317 e. The van der Waals surface area contributed by atoms with Crippen LogP contribution in [0.2, 0.25) is 0 Å². The van der Waals surface area contributed by atoms with Crippen molar-refractivity contribution in [3.63, 3.8) is 0 Å². The molecule has 0 bridgehead atoms. The van der Waals surface area contributed by atoms with E-state index in [0.29, 0.717) is 0 Å². The summed E-state index contributed by atoms with van der Waals surface area (Å²) in [4.78, 5) is 18.5. The average Bonchev–Trinajstić information content (AvgIpc) is 1.61. The van der Waals surface area contributed by atoms with Gasteiger partial charge < -0.3 is 5.73 Å². The average molecular weight is 119 g/mol. The third kappa shape index (κ3) is 4.67. The van der Waals surface area contributed by atoms with Crippen LogP contribution in [-0.4, -0.2) is 17.6 Å². The molecule has 0 atom stereocenters. The first-order chi connectivity index (χ1) is 3.63. The zero-order chi connectivity index (χ0) is 6.57. The van der Waals surface area contributed by atoms with Gasteiger partial charge in [-0.2, -0.15) is 0 Å². The summed E-state index contributed by atoms with van der Waals surface area (Å²) in [6.07, 6.45) is 0. The Morgan fingerprint density at radius 2 is 2.38 bits per heavy atom. The number of nitrogens with one attached hydrogen (secondary N) is 1. The van der Waals surface area contributed by atoms with Crippen LogP contribution in [0.15, 0.2) is 0 Å². The number of carbonyl (C=O) groups is 1. The lowest BCUT2D eigenvalue weighted by Crippen LogP contribution is -2.33. The maximum absolute atomic E-state index is 9.71. The number of hydrogen-bond acceptors (Lipinski definition) is 3. The lowest BCUT2D eigenvalue weighted by molar-refractivity contribution is -0.483. The molecule has 2 amide bonds. The van der Waals surface area contributed by atoms with Crippen molar-refractivity contribution in [2.45, 2.75) is 0 Å². The zero-order valence-electron chi connectivity index (χ0n) is 3.96. The first-order valence-electron chi connectivity index (χ1n) is 1.78. The van der Waals surface area contributed by atoms with Crippen molar-refractivity contribution >= 4 is 6.03 Å². The molecule has 0 aromatic heterocycles. The number of carbonyl (C=O) groups excluding carboxylic acids is 1. The van der Waals surface area contributed by atoms with Gasteiger partial charge >= 0.3 is 6.03 Å². The van der Waals surface area contributed by atoms with E-state index < -0.39 is 17.6 Å². The smallest absolute Gasteiger partial charge is 0.317 e. The minimum Gasteiger partial charge on any atom is -0.352 e. The van der Waals surface area contributed by atoms with Gasteiger partial charge in [0.2, 0.25) is 0 Å². The molecule has 0 heterocycles. The first kappa shape index (κ1) is 6.67. The SMILES string of the molecule is NC(=O)NC[N+](=O)[O-]. The van der Waals surface area contributed by atoms with Gasteiger partial charge in [-0.05, 0) is 0 Å². The summed E-state index contributed by atoms with van der Waals surface area (Å²) < 4.78 is 0. The lowest BCUT2D eigenvalue weighted by atomic mass is 11.0. The second-order valence-corrected chi connectivity index (χ2v) is 1.03. The van der Waals surface area contributed by atoms with Gasteiger partial charge in [0.05, 0.1) is 0 Å². The van der Waals surface area contributed by atoms with E-state index in [1.165, 1.54) is 0 Å². The van der Waals surface area contributed by atoms with Crippen LogP contribution in [0.1, 0.15) is 0 Å². The van der Waals surface area contributed by atoms with Crippen molar-refractivity contribution < 1.29 is 9.72 Å². The fraction of sp³-hybridized carbons (Fsp3) is 0.500. The van der Waals surface area contributed by atoms with Crippen molar-refractivity contribution in [2.24, 2.45) is 5.73 Å². The Hall–Kier alpha value is -1.33. The van der Waals surface area contributed by atoms with Crippen molar-refractivity contribution in [3.8, 4) is 0 Å². The first-order valence-corrected chi connectivity index (χ1v) is 1.78. The Morgan fingerprint density at radius 3 is 2.50 bits per heavy atom. The molecule has 0 radical (unpaired) electrons. The molecule has 0 aliphatic rings. The van der Waals surface area contributed by atoms with E-state index in [-0.39, 0.29) is 0 Å². The van der Waals surface area contributed by atoms with Crippen LogP contribution < -0.4 is 11.1 Å². The van der Waals surface area contributed by atoms with Crippen LogP contribution in [0.4, 0.5) is 4.79 Å². The monoisotopic (exact) mass is 119 g/mol. The van der Waals surface area contributed by atoms with Crippen molar-refractivity contribution in [1.82, 2.24) is 5.32 Å². The summed E-state index contributed by atoms with van der Waals surface area (Å²) in [5, 5.41) is 11.2. The van der Waals surface area contributed by atoms with Crippen LogP contribution in [0.3, 0.4) is 0 Å². The molecule has 6 heteroatoms. The molecule has 0 saturated carbocycles. The van der Waals surface area contributed by atoms with Crippen molar-refractivity contribution in [1.29, 1.82) is 0 Å². The second kappa shape index (κ2) is 2.78. The van der Waals surface area contributed by atoms with Crippen LogP contribution in [0.5, 0.6) is 0 Å². The summed E-state index contributed by atoms with van der Waals surface area (Å²) in [6, 6.07) is -0.887. The van der Waals surface area contributed by atoms with Gasteiger partial charge in [-0.15, -0.1) is 0 Å². The molecule has 0 aromatic rings. The molecule has 0 aliphatic heterocycles. The number of nitrogens with zero attached hydrogens (tertiary/aromatic N) is 1. The number of nitro groups is 1. The van der Waals surface area contributed by atoms with E-state index in [4.69, 9.17) is 0 Å². The summed E-state index contributed by atoms with van der Waals surface area (Å²) >= 11 is 0. The highest BCUT2D eigenvalue weighted by Crippen LogP contribution is 1.59. The third-order valence-electron chi connectivity index (χ3n) is 0.382. The molecule has 8 heavy (non-hydrogen) atoms. The fourth-order valence-corrected chi connectivity index (χ4v) is 0.142. The molecule has 0 aliphatic carbocycles. The number of urea groups is 1. The van der Waals surface area contributed by atoms with E-state index in [1.54, 1.807) is 5.32 Å². The summed E-state index contributed by atoms with van der Waals surface area (Å²) in [6.45, 7) is -0.616. The van der Waals surface area contributed by atoms with Crippen LogP contribution >= 0.6 is 0 Å². The number of hydrogen-bond donors (Lipinski definition) is 2. The number of amides is 2. The molecule has 0 fully saturated rings. The molecule has 0 unspecified atom stereocenters. The van der Waals surface area contributed by atoms with Crippen molar-refractivity contribution in [2.75, 3.05) is 6.67 Å². The zero-order valence-corrected chi connectivity index (χ0v) is 3.96. The minimum atomic E-state index is -0.887. The predicted molar refractivity (Wildman–Crippen MR) is 24.6 cm³/mol. The maximum atomic E-state index is 9.71. The Kier molecular flexibility index (Phi) is 2.32. The summed E-state index contributed by atoms with van der Waals surface area (Å²) in [5.74, 6) is 0. The molecular weight excluding hydrogens is 114 g/mol. The second-order valence-electron chi connectivity index (χ2n) is 1.03. The Balaban J connectivity index is 3.18. The summed E-state index contributed by atoms with van der Waals surface area (Å²) in [5.41, 5.74) is 4.49. The molecule has 0 spiro atoms. The molecule has 46 valence electrons. The molecule has 0 saturated heterocycles. The van der Waals surface area contributed by atoms with Gasteiger partial charge in [-0.1, -0.05) is 0 Å². The number of rotatable bonds is 2. The lowest BCUT2D eigenvalue weighted by Gasteiger charge is -1.90. The fourth-order valence-electron chi connectivity index (χ4n) is 0.142. The van der Waals surface area contributed by atoms with E-state index in [0.717, 1.165) is 0 Å². The van der Waals surface area contributed by atoms with Gasteiger partial charge in [0.1, 0.15) is 0 Å². The van der Waals surface area contributed by atoms with E-state index >= 15 is 0 Å². The summed E-state index contributed by atoms with van der Waals surface area (Å²) in [7, 11) is 0. The van der Waals surface area contributed by atoms with Gasteiger partial charge in [0.15, 0.2) is 0 Å². The van der Waals surface area contributed by atoms with Crippen LogP contribution in [0, 0.1) is 10.1 Å². The normalized spacial score (nSPS) is 8.00. The van der Waals surface area contributed by atoms with Gasteiger partial charge in [-0.3, -0.25) is 15.4 Å². The van der Waals surface area contributed by atoms with Gasteiger partial charge in [-0.25, -0.2) is 4.79 Å². The molecule has 6 nitrogen and oxygen atoms in total. The quantitative estimate of drug-likeness (QED) is 0.274. The van der Waals surface area contributed by atoms with Crippen LogP contribution in [0.25, 0.3) is 0 Å². The highest BCUT2D eigenvalue weighted by Gasteiger charge is 1.95. The largest absolute Gasteiger partial charge is 0.352 e. The highest BCUT2D eigenvalue weighted by molar-refractivity contribution is 5.71.